The predicted molar refractivity (Wildman–Crippen MR) is 134 cm³/mol. The van der Waals surface area contributed by atoms with E-state index in [9.17, 15) is 9.59 Å². The fourth-order valence-corrected chi connectivity index (χ4v) is 3.75. The lowest BCUT2D eigenvalue weighted by Gasteiger charge is -2.11. The molecular formula is C26H25N3O5S. The van der Waals surface area contributed by atoms with Crippen LogP contribution >= 0.6 is 11.3 Å². The van der Waals surface area contributed by atoms with E-state index in [0.29, 0.717) is 22.2 Å². The highest BCUT2D eigenvalue weighted by molar-refractivity contribution is 7.14. The summed E-state index contributed by atoms with van der Waals surface area (Å²) in [5, 5.41) is 13.6. The maximum atomic E-state index is 12.5. The highest BCUT2D eigenvalue weighted by atomic mass is 32.1. The molecule has 3 rings (SSSR count). The van der Waals surface area contributed by atoms with Crippen LogP contribution in [0.3, 0.4) is 0 Å². The summed E-state index contributed by atoms with van der Waals surface area (Å²) in [7, 11) is 1.48. The number of benzene rings is 2. The minimum atomic E-state index is -1.01. The number of hydrogen-bond donors (Lipinski definition) is 1. The van der Waals surface area contributed by atoms with Crippen LogP contribution in [0, 0.1) is 11.3 Å². The van der Waals surface area contributed by atoms with E-state index in [1.54, 1.807) is 18.2 Å². The smallest absolute Gasteiger partial charge is 0.331 e. The average molecular weight is 492 g/mol. The van der Waals surface area contributed by atoms with Gasteiger partial charge in [0.25, 0.3) is 5.91 Å². The van der Waals surface area contributed by atoms with E-state index in [-0.39, 0.29) is 6.61 Å². The minimum absolute atomic E-state index is 0.105. The maximum absolute atomic E-state index is 12.5. The summed E-state index contributed by atoms with van der Waals surface area (Å²) in [6.07, 6.45) is 2.69. The summed E-state index contributed by atoms with van der Waals surface area (Å²) >= 11 is 1.30. The number of aryl methyl sites for hydroxylation is 1. The number of ether oxygens (including phenoxy) is 3. The number of carbonyl (C=O) groups is 2. The van der Waals surface area contributed by atoms with Crippen molar-refractivity contribution in [3.05, 3.63) is 65.0 Å². The van der Waals surface area contributed by atoms with Gasteiger partial charge in [-0.25, -0.2) is 9.78 Å². The maximum Gasteiger partial charge on any atom is 0.331 e. The Kier molecular flexibility index (Phi) is 8.98. The summed E-state index contributed by atoms with van der Waals surface area (Å²) in [6, 6.07) is 15.0. The normalized spacial score (nSPS) is 11.5. The quantitative estimate of drug-likeness (QED) is 0.318. The Morgan fingerprint density at radius 3 is 2.66 bits per heavy atom. The molecule has 1 heterocycles. The average Bonchev–Trinajstić information content (AvgIpc) is 3.34. The molecule has 3 aromatic rings. The number of thiazole rings is 1. The standard InChI is InChI=1S/C26H25N3O5S/c1-4-18-5-9-20(10-6-18)21-16-35-26(28-21)29-25(31)17(2)34-24(30)12-8-19-7-11-22(33-14-13-27)23(15-19)32-3/h5-12,15-17H,4,14H2,1-3H3,(H,28,29,31)/b12-8+. The zero-order valence-electron chi connectivity index (χ0n) is 19.6. The third-order valence-corrected chi connectivity index (χ3v) is 5.70. The van der Waals surface area contributed by atoms with Gasteiger partial charge in [0.05, 0.1) is 12.8 Å². The predicted octanol–water partition coefficient (Wildman–Crippen LogP) is 4.87. The van der Waals surface area contributed by atoms with Gasteiger partial charge in [-0.15, -0.1) is 11.3 Å². The molecule has 1 unspecified atom stereocenters. The lowest BCUT2D eigenvalue weighted by Crippen LogP contribution is -2.29. The summed E-state index contributed by atoms with van der Waals surface area (Å²) < 4.78 is 15.7. The molecule has 0 bridgehead atoms. The second-order valence-electron chi connectivity index (χ2n) is 7.35. The molecule has 0 aliphatic heterocycles. The zero-order chi connectivity index (χ0) is 25.2. The highest BCUT2D eigenvalue weighted by Gasteiger charge is 2.18. The minimum Gasteiger partial charge on any atom is -0.493 e. The van der Waals surface area contributed by atoms with Crippen molar-refractivity contribution in [2.45, 2.75) is 26.4 Å². The molecule has 0 radical (unpaired) electrons. The van der Waals surface area contributed by atoms with Gasteiger partial charge in [0.15, 0.2) is 29.3 Å². The van der Waals surface area contributed by atoms with Gasteiger partial charge >= 0.3 is 5.97 Å². The number of amides is 1. The van der Waals surface area contributed by atoms with Crippen LogP contribution in [0.15, 0.2) is 53.9 Å². The first-order valence-electron chi connectivity index (χ1n) is 10.9. The van der Waals surface area contributed by atoms with Gasteiger partial charge < -0.3 is 14.2 Å². The second kappa shape index (κ2) is 12.3. The molecule has 1 aromatic heterocycles. The number of nitrogens with zero attached hydrogens (tertiary/aromatic N) is 2. The van der Waals surface area contributed by atoms with Gasteiger partial charge in [0.2, 0.25) is 0 Å². The second-order valence-corrected chi connectivity index (χ2v) is 8.21. The van der Waals surface area contributed by atoms with Crippen molar-refractivity contribution in [2.24, 2.45) is 0 Å². The van der Waals surface area contributed by atoms with E-state index in [1.165, 1.54) is 43.1 Å². The van der Waals surface area contributed by atoms with Crippen LogP contribution in [0.25, 0.3) is 17.3 Å². The third kappa shape index (κ3) is 7.16. The van der Waals surface area contributed by atoms with Gasteiger partial charge in [0.1, 0.15) is 6.07 Å². The van der Waals surface area contributed by atoms with Crippen molar-refractivity contribution < 1.29 is 23.8 Å². The molecule has 0 aliphatic carbocycles. The summed E-state index contributed by atoms with van der Waals surface area (Å²) in [5.41, 5.74) is 3.62. The van der Waals surface area contributed by atoms with Gasteiger partial charge in [-0.05, 0) is 42.7 Å². The van der Waals surface area contributed by atoms with E-state index in [4.69, 9.17) is 19.5 Å². The van der Waals surface area contributed by atoms with Crippen molar-refractivity contribution in [3.63, 3.8) is 0 Å². The number of esters is 1. The first kappa shape index (κ1) is 25.5. The van der Waals surface area contributed by atoms with Crippen LogP contribution in [0.5, 0.6) is 11.5 Å². The molecule has 1 atom stereocenters. The Bertz CT molecular complexity index is 1240. The lowest BCUT2D eigenvalue weighted by molar-refractivity contribution is -0.148. The van der Waals surface area contributed by atoms with E-state index in [1.807, 2.05) is 23.6 Å². The SMILES string of the molecule is CCc1ccc(-c2csc(NC(=O)C(C)OC(=O)/C=C/c3ccc(OCC#N)c(OC)c3)n2)cc1. The third-order valence-electron chi connectivity index (χ3n) is 4.95. The topological polar surface area (TPSA) is 111 Å². The van der Waals surface area contributed by atoms with Crippen LogP contribution in [0.2, 0.25) is 0 Å². The molecule has 0 fully saturated rings. The van der Waals surface area contributed by atoms with E-state index < -0.39 is 18.0 Å². The molecule has 1 N–H and O–H groups in total. The summed E-state index contributed by atoms with van der Waals surface area (Å²) in [4.78, 5) is 29.1. The molecule has 2 aromatic carbocycles. The number of nitriles is 1. The van der Waals surface area contributed by atoms with E-state index >= 15 is 0 Å². The molecule has 35 heavy (non-hydrogen) atoms. The Labute approximate surface area is 207 Å². The molecule has 0 saturated carbocycles. The fraction of sp³-hybridized carbons (Fsp3) is 0.231. The Morgan fingerprint density at radius 1 is 1.20 bits per heavy atom. The van der Waals surface area contributed by atoms with Crippen LogP contribution in [-0.2, 0) is 20.7 Å². The van der Waals surface area contributed by atoms with Crippen molar-refractivity contribution in [1.82, 2.24) is 4.98 Å². The summed E-state index contributed by atoms with van der Waals surface area (Å²) in [5.74, 6) is -0.308. The highest BCUT2D eigenvalue weighted by Crippen LogP contribution is 2.28. The molecule has 0 saturated heterocycles. The molecule has 1 amide bonds. The van der Waals surface area contributed by atoms with Crippen molar-refractivity contribution >= 4 is 34.4 Å². The first-order chi connectivity index (χ1) is 16.9. The molecule has 0 aliphatic rings. The van der Waals surface area contributed by atoms with Gasteiger partial charge in [0, 0.05) is 17.0 Å². The Hall–Kier alpha value is -4.16. The summed E-state index contributed by atoms with van der Waals surface area (Å²) in [6.45, 7) is 3.48. The zero-order valence-corrected chi connectivity index (χ0v) is 20.4. The fourth-order valence-electron chi connectivity index (χ4n) is 3.03. The van der Waals surface area contributed by atoms with Crippen molar-refractivity contribution in [3.8, 4) is 28.8 Å². The number of hydrogen-bond acceptors (Lipinski definition) is 8. The number of anilines is 1. The molecule has 180 valence electrons. The first-order valence-corrected chi connectivity index (χ1v) is 11.7. The van der Waals surface area contributed by atoms with Crippen LogP contribution in [0.4, 0.5) is 5.13 Å². The van der Waals surface area contributed by atoms with Crippen LogP contribution < -0.4 is 14.8 Å². The lowest BCUT2D eigenvalue weighted by atomic mass is 10.1. The number of aromatic nitrogens is 1. The molecule has 8 nitrogen and oxygen atoms in total. The van der Waals surface area contributed by atoms with Gasteiger partial charge in [-0.2, -0.15) is 5.26 Å². The van der Waals surface area contributed by atoms with Crippen LogP contribution in [0.1, 0.15) is 25.0 Å². The van der Waals surface area contributed by atoms with E-state index in [2.05, 4.69) is 29.4 Å². The molecule has 0 spiro atoms. The number of rotatable bonds is 10. The number of carbonyl (C=O) groups excluding carboxylic acids is 2. The number of nitrogens with one attached hydrogen (secondary N) is 1. The van der Waals surface area contributed by atoms with E-state index in [0.717, 1.165) is 17.7 Å². The van der Waals surface area contributed by atoms with Crippen molar-refractivity contribution in [1.29, 1.82) is 5.26 Å². The Morgan fingerprint density at radius 2 is 1.97 bits per heavy atom. The largest absolute Gasteiger partial charge is 0.493 e. The monoisotopic (exact) mass is 491 g/mol. The van der Waals surface area contributed by atoms with Crippen molar-refractivity contribution in [2.75, 3.05) is 19.0 Å². The molecular weight excluding hydrogens is 466 g/mol. The van der Waals surface area contributed by atoms with Gasteiger partial charge in [-0.3, -0.25) is 10.1 Å². The molecule has 9 heteroatoms. The van der Waals surface area contributed by atoms with Crippen LogP contribution in [-0.4, -0.2) is 36.7 Å². The Balaban J connectivity index is 1.55. The number of methoxy groups -OCH3 is 1. The van der Waals surface area contributed by atoms with Gasteiger partial charge in [-0.1, -0.05) is 37.3 Å².